The summed E-state index contributed by atoms with van der Waals surface area (Å²) in [6, 6.07) is 10.2. The highest BCUT2D eigenvalue weighted by Gasteiger charge is 2.08. The van der Waals surface area contributed by atoms with Gasteiger partial charge in [0.15, 0.2) is 5.65 Å². The minimum Gasteiger partial charge on any atom is -0.492 e. The third-order valence-electron chi connectivity index (χ3n) is 3.52. The number of pyridine rings is 1. The van der Waals surface area contributed by atoms with Gasteiger partial charge in [0.2, 0.25) is 0 Å². The van der Waals surface area contributed by atoms with Crippen molar-refractivity contribution in [1.29, 1.82) is 0 Å². The molecule has 0 aliphatic rings. The fourth-order valence-electron chi connectivity index (χ4n) is 2.32. The molecule has 0 aliphatic carbocycles. The first-order valence-corrected chi connectivity index (χ1v) is 7.19. The van der Waals surface area contributed by atoms with Gasteiger partial charge in [-0.2, -0.15) is 0 Å². The molecule has 0 saturated carbocycles. The van der Waals surface area contributed by atoms with Crippen molar-refractivity contribution >= 4 is 17.3 Å². The molecule has 0 atom stereocenters. The molecule has 6 heteroatoms. The summed E-state index contributed by atoms with van der Waals surface area (Å²) in [5.41, 5.74) is 0.924. The average Bonchev–Trinajstić information content (AvgIpc) is 2.58. The fourth-order valence-corrected chi connectivity index (χ4v) is 2.32. The van der Waals surface area contributed by atoms with Crippen LogP contribution in [-0.4, -0.2) is 27.4 Å². The summed E-state index contributed by atoms with van der Waals surface area (Å²) in [4.78, 5) is 31.5. The average molecular weight is 309 g/mol. The third-order valence-corrected chi connectivity index (χ3v) is 3.52. The zero-order chi connectivity index (χ0) is 16.2. The molecule has 3 rings (SSSR count). The molecule has 0 radical (unpaired) electrons. The van der Waals surface area contributed by atoms with Gasteiger partial charge in [-0.05, 0) is 43.3 Å². The number of fused-ring (bicyclic) bond motifs is 1. The monoisotopic (exact) mass is 309 g/mol. The zero-order valence-electron chi connectivity index (χ0n) is 12.6. The first kappa shape index (κ1) is 14.9. The van der Waals surface area contributed by atoms with Crippen LogP contribution in [0.1, 0.15) is 16.2 Å². The number of nitrogens with zero attached hydrogens (tertiary/aromatic N) is 3. The molecule has 0 aliphatic heterocycles. The minimum absolute atomic E-state index is 0.125. The largest absolute Gasteiger partial charge is 0.492 e. The normalized spacial score (nSPS) is 10.7. The van der Waals surface area contributed by atoms with Crippen molar-refractivity contribution in [2.45, 2.75) is 13.5 Å². The Labute approximate surface area is 132 Å². The quantitative estimate of drug-likeness (QED) is 0.674. The molecule has 2 aromatic heterocycles. The van der Waals surface area contributed by atoms with Crippen LogP contribution < -0.4 is 10.3 Å². The number of benzene rings is 1. The van der Waals surface area contributed by atoms with Crippen molar-refractivity contribution in [2.24, 2.45) is 0 Å². The molecule has 0 fully saturated rings. The van der Waals surface area contributed by atoms with E-state index in [1.165, 1.54) is 0 Å². The number of aldehydes is 1. The highest BCUT2D eigenvalue weighted by molar-refractivity contribution is 5.74. The molecular weight excluding hydrogens is 294 g/mol. The predicted octanol–water partition coefficient (Wildman–Crippen LogP) is 1.99. The van der Waals surface area contributed by atoms with Gasteiger partial charge in [0, 0.05) is 11.8 Å². The van der Waals surface area contributed by atoms with Crippen LogP contribution in [0.25, 0.3) is 11.0 Å². The lowest BCUT2D eigenvalue weighted by Gasteiger charge is -2.11. The summed E-state index contributed by atoms with van der Waals surface area (Å²) >= 11 is 0. The van der Waals surface area contributed by atoms with E-state index in [4.69, 9.17) is 4.74 Å². The van der Waals surface area contributed by atoms with Gasteiger partial charge in [0.25, 0.3) is 5.56 Å². The number of hydrogen-bond acceptors (Lipinski definition) is 5. The van der Waals surface area contributed by atoms with E-state index in [2.05, 4.69) is 9.97 Å². The lowest BCUT2D eigenvalue weighted by Crippen LogP contribution is -2.26. The van der Waals surface area contributed by atoms with Crippen LogP contribution in [-0.2, 0) is 6.54 Å². The second-order valence-electron chi connectivity index (χ2n) is 5.03. The maximum absolute atomic E-state index is 12.5. The van der Waals surface area contributed by atoms with Crippen LogP contribution in [0.3, 0.4) is 0 Å². The topological polar surface area (TPSA) is 74.1 Å². The second kappa shape index (κ2) is 6.39. The van der Waals surface area contributed by atoms with E-state index in [0.29, 0.717) is 41.3 Å². The Balaban J connectivity index is 1.76. The predicted molar refractivity (Wildman–Crippen MR) is 85.9 cm³/mol. The van der Waals surface area contributed by atoms with Crippen molar-refractivity contribution in [2.75, 3.05) is 6.61 Å². The first-order valence-electron chi connectivity index (χ1n) is 7.19. The van der Waals surface area contributed by atoms with E-state index < -0.39 is 0 Å². The number of hydrogen-bond donors (Lipinski definition) is 0. The van der Waals surface area contributed by atoms with Crippen LogP contribution in [0.5, 0.6) is 5.75 Å². The molecule has 2 heterocycles. The highest BCUT2D eigenvalue weighted by atomic mass is 16.5. The van der Waals surface area contributed by atoms with Crippen LogP contribution in [0.15, 0.2) is 47.4 Å². The van der Waals surface area contributed by atoms with Crippen molar-refractivity contribution in [1.82, 2.24) is 14.5 Å². The summed E-state index contributed by atoms with van der Waals surface area (Å²) in [5, 5.41) is 0.494. The van der Waals surface area contributed by atoms with Crippen molar-refractivity contribution in [3.63, 3.8) is 0 Å². The Hall–Kier alpha value is -3.02. The minimum atomic E-state index is -0.125. The summed E-state index contributed by atoms with van der Waals surface area (Å²) in [6.45, 7) is 2.49. The lowest BCUT2D eigenvalue weighted by atomic mass is 10.2. The van der Waals surface area contributed by atoms with Crippen LogP contribution in [0, 0.1) is 6.92 Å². The highest BCUT2D eigenvalue weighted by Crippen LogP contribution is 2.11. The number of ether oxygens (including phenoxy) is 1. The van der Waals surface area contributed by atoms with Crippen LogP contribution in [0.2, 0.25) is 0 Å². The molecule has 3 aromatic rings. The summed E-state index contributed by atoms with van der Waals surface area (Å²) in [7, 11) is 0. The van der Waals surface area contributed by atoms with Crippen molar-refractivity contribution < 1.29 is 9.53 Å². The molecule has 0 amide bonds. The van der Waals surface area contributed by atoms with Gasteiger partial charge in [-0.3, -0.25) is 14.2 Å². The number of rotatable bonds is 5. The Morgan fingerprint density at radius 3 is 2.74 bits per heavy atom. The number of aryl methyl sites for hydroxylation is 1. The Morgan fingerprint density at radius 2 is 2.00 bits per heavy atom. The van der Waals surface area contributed by atoms with Gasteiger partial charge in [0.05, 0.1) is 11.9 Å². The van der Waals surface area contributed by atoms with Gasteiger partial charge in [-0.1, -0.05) is 0 Å². The SMILES string of the molecule is Cc1nc2ncccc2c(=O)n1CCOc1ccc(C=O)cc1. The zero-order valence-corrected chi connectivity index (χ0v) is 12.6. The molecule has 0 spiro atoms. The van der Waals surface area contributed by atoms with Gasteiger partial charge >= 0.3 is 0 Å². The molecule has 0 N–H and O–H groups in total. The van der Waals surface area contributed by atoms with Crippen molar-refractivity contribution in [3.8, 4) is 5.75 Å². The van der Waals surface area contributed by atoms with E-state index in [-0.39, 0.29) is 5.56 Å². The molecular formula is C17H15N3O3. The smallest absolute Gasteiger partial charge is 0.263 e. The van der Waals surface area contributed by atoms with Crippen molar-refractivity contribution in [3.05, 3.63) is 64.3 Å². The Kier molecular flexibility index (Phi) is 4.14. The molecule has 0 bridgehead atoms. The third kappa shape index (κ3) is 3.11. The molecule has 6 nitrogen and oxygen atoms in total. The first-order chi connectivity index (χ1) is 11.2. The van der Waals surface area contributed by atoms with Crippen LogP contribution in [0.4, 0.5) is 0 Å². The molecule has 0 saturated heterocycles. The summed E-state index contributed by atoms with van der Waals surface area (Å²) in [6.07, 6.45) is 2.39. The molecule has 116 valence electrons. The van der Waals surface area contributed by atoms with E-state index in [1.807, 2.05) is 0 Å². The van der Waals surface area contributed by atoms with E-state index >= 15 is 0 Å². The fraction of sp³-hybridized carbons (Fsp3) is 0.176. The van der Waals surface area contributed by atoms with E-state index in [0.717, 1.165) is 6.29 Å². The standard InChI is InChI=1S/C17H15N3O3/c1-12-19-16-15(3-2-8-18-16)17(22)20(12)9-10-23-14-6-4-13(11-21)5-7-14/h2-8,11H,9-10H2,1H3. The molecule has 1 aromatic carbocycles. The van der Waals surface area contributed by atoms with Gasteiger partial charge in [-0.25, -0.2) is 9.97 Å². The maximum Gasteiger partial charge on any atom is 0.263 e. The summed E-state index contributed by atoms with van der Waals surface area (Å²) < 4.78 is 7.19. The summed E-state index contributed by atoms with van der Waals surface area (Å²) in [5.74, 6) is 1.25. The second-order valence-corrected chi connectivity index (χ2v) is 5.03. The van der Waals surface area contributed by atoms with Gasteiger partial charge in [-0.15, -0.1) is 0 Å². The lowest BCUT2D eigenvalue weighted by molar-refractivity contribution is 0.112. The maximum atomic E-state index is 12.5. The van der Waals surface area contributed by atoms with E-state index in [1.54, 1.807) is 54.1 Å². The van der Waals surface area contributed by atoms with Gasteiger partial charge < -0.3 is 4.74 Å². The van der Waals surface area contributed by atoms with Gasteiger partial charge in [0.1, 0.15) is 24.5 Å². The van der Waals surface area contributed by atoms with Crippen LogP contribution >= 0.6 is 0 Å². The number of carbonyl (C=O) groups is 1. The Bertz CT molecular complexity index is 901. The molecule has 23 heavy (non-hydrogen) atoms. The molecule has 0 unspecified atom stereocenters. The number of aromatic nitrogens is 3. The van der Waals surface area contributed by atoms with E-state index in [9.17, 15) is 9.59 Å². The number of carbonyl (C=O) groups excluding carboxylic acids is 1. The Morgan fingerprint density at radius 1 is 1.22 bits per heavy atom.